The second kappa shape index (κ2) is 6.48. The zero-order chi connectivity index (χ0) is 16.2. The summed E-state index contributed by atoms with van der Waals surface area (Å²) in [5, 5.41) is 1.06. The topological polar surface area (TPSA) is 48.4 Å². The van der Waals surface area contributed by atoms with Gasteiger partial charge in [-0.1, -0.05) is 24.3 Å². The van der Waals surface area contributed by atoms with E-state index >= 15 is 0 Å². The van der Waals surface area contributed by atoms with Gasteiger partial charge in [-0.05, 0) is 25.1 Å². The maximum Gasteiger partial charge on any atom is 0.163 e. The van der Waals surface area contributed by atoms with E-state index in [1.54, 1.807) is 31.5 Å². The van der Waals surface area contributed by atoms with E-state index in [-0.39, 0.29) is 5.78 Å². The van der Waals surface area contributed by atoms with Crippen LogP contribution in [0.15, 0.2) is 54.7 Å². The van der Waals surface area contributed by atoms with Crippen molar-refractivity contribution < 1.29 is 14.3 Å². The summed E-state index contributed by atoms with van der Waals surface area (Å²) >= 11 is 0. The van der Waals surface area contributed by atoms with E-state index in [1.807, 2.05) is 30.3 Å². The van der Waals surface area contributed by atoms with Crippen molar-refractivity contribution in [2.45, 2.75) is 13.5 Å². The number of nitrogens with zero attached hydrogens (tertiary/aromatic N) is 1. The number of fused-ring (bicyclic) bond motifs is 1. The molecule has 0 N–H and O–H groups in total. The van der Waals surface area contributed by atoms with Crippen molar-refractivity contribution in [1.29, 1.82) is 0 Å². The van der Waals surface area contributed by atoms with Crippen LogP contribution in [-0.4, -0.2) is 17.9 Å². The van der Waals surface area contributed by atoms with Gasteiger partial charge in [0.15, 0.2) is 5.78 Å². The fourth-order valence-corrected chi connectivity index (χ4v) is 2.48. The van der Waals surface area contributed by atoms with Crippen LogP contribution in [0.25, 0.3) is 10.9 Å². The van der Waals surface area contributed by atoms with E-state index in [0.29, 0.717) is 23.7 Å². The molecular formula is C19H17NO3. The van der Waals surface area contributed by atoms with Crippen LogP contribution in [0.3, 0.4) is 0 Å². The first kappa shape index (κ1) is 15.0. The summed E-state index contributed by atoms with van der Waals surface area (Å²) < 4.78 is 11.1. The molecule has 23 heavy (non-hydrogen) atoms. The number of hydrogen-bond donors (Lipinski definition) is 0. The molecule has 0 aliphatic carbocycles. The second-order valence-electron chi connectivity index (χ2n) is 5.20. The number of hydrogen-bond acceptors (Lipinski definition) is 4. The Kier molecular flexibility index (Phi) is 4.24. The average Bonchev–Trinajstić information content (AvgIpc) is 2.59. The zero-order valence-corrected chi connectivity index (χ0v) is 13.1. The fraction of sp³-hybridized carbons (Fsp3) is 0.158. The molecule has 4 heteroatoms. The zero-order valence-electron chi connectivity index (χ0n) is 13.1. The van der Waals surface area contributed by atoms with Crippen molar-refractivity contribution in [2.24, 2.45) is 0 Å². The molecule has 3 rings (SSSR count). The maximum absolute atomic E-state index is 11.8. The van der Waals surface area contributed by atoms with Crippen LogP contribution in [0.1, 0.15) is 22.8 Å². The van der Waals surface area contributed by atoms with Gasteiger partial charge < -0.3 is 9.47 Å². The van der Waals surface area contributed by atoms with Gasteiger partial charge in [0.05, 0.1) is 18.2 Å². The molecule has 0 radical (unpaired) electrons. The highest BCUT2D eigenvalue weighted by Gasteiger charge is 2.11. The summed E-state index contributed by atoms with van der Waals surface area (Å²) in [5.41, 5.74) is 2.42. The fourth-order valence-electron chi connectivity index (χ4n) is 2.48. The largest absolute Gasteiger partial charge is 0.497 e. The minimum atomic E-state index is -0.0429. The van der Waals surface area contributed by atoms with Crippen LogP contribution < -0.4 is 9.47 Å². The van der Waals surface area contributed by atoms with Gasteiger partial charge in [-0.15, -0.1) is 0 Å². The first-order chi connectivity index (χ1) is 11.2. The standard InChI is InChI=1S/C19H17NO3/c1-13(21)17-9-8-16(22-2)11-18(17)23-12-15-6-3-5-14-7-4-10-20-19(14)15/h3-11H,12H2,1-2H3. The van der Waals surface area contributed by atoms with E-state index < -0.39 is 0 Å². The molecule has 1 aromatic heterocycles. The van der Waals surface area contributed by atoms with Crippen LogP contribution in [-0.2, 0) is 6.61 Å². The smallest absolute Gasteiger partial charge is 0.163 e. The Labute approximate surface area is 134 Å². The third kappa shape index (κ3) is 3.16. The highest BCUT2D eigenvalue weighted by Crippen LogP contribution is 2.27. The molecule has 0 fully saturated rings. The molecule has 0 bridgehead atoms. The number of benzene rings is 2. The molecule has 0 unspecified atom stereocenters. The van der Waals surface area contributed by atoms with Gasteiger partial charge in [0, 0.05) is 23.2 Å². The molecule has 0 saturated carbocycles. The van der Waals surface area contributed by atoms with Gasteiger partial charge in [0.2, 0.25) is 0 Å². The van der Waals surface area contributed by atoms with Crippen LogP contribution in [0.4, 0.5) is 0 Å². The minimum Gasteiger partial charge on any atom is -0.497 e. The maximum atomic E-state index is 11.8. The number of rotatable bonds is 5. The van der Waals surface area contributed by atoms with E-state index in [0.717, 1.165) is 16.5 Å². The Morgan fingerprint density at radius 1 is 1.13 bits per heavy atom. The number of aromatic nitrogens is 1. The first-order valence-electron chi connectivity index (χ1n) is 7.33. The van der Waals surface area contributed by atoms with Gasteiger partial charge in [-0.25, -0.2) is 0 Å². The van der Waals surface area contributed by atoms with Gasteiger partial charge in [0.1, 0.15) is 18.1 Å². The molecule has 4 nitrogen and oxygen atoms in total. The third-order valence-corrected chi connectivity index (χ3v) is 3.67. The molecule has 0 saturated heterocycles. The minimum absolute atomic E-state index is 0.0429. The number of methoxy groups -OCH3 is 1. The summed E-state index contributed by atoms with van der Waals surface area (Å²) in [6, 6.07) is 15.1. The van der Waals surface area contributed by atoms with Crippen molar-refractivity contribution in [3.63, 3.8) is 0 Å². The average molecular weight is 307 g/mol. The van der Waals surface area contributed by atoms with Crippen molar-refractivity contribution in [3.8, 4) is 11.5 Å². The predicted molar refractivity (Wildman–Crippen MR) is 89.1 cm³/mol. The lowest BCUT2D eigenvalue weighted by molar-refractivity contribution is 0.101. The Balaban J connectivity index is 1.92. The molecule has 3 aromatic rings. The molecule has 2 aromatic carbocycles. The lowest BCUT2D eigenvalue weighted by Gasteiger charge is -2.12. The molecular weight excluding hydrogens is 290 g/mol. The van der Waals surface area contributed by atoms with Gasteiger partial charge in [0.25, 0.3) is 0 Å². The molecule has 0 aliphatic rings. The summed E-state index contributed by atoms with van der Waals surface area (Å²) in [6.07, 6.45) is 1.76. The Hall–Kier alpha value is -2.88. The van der Waals surface area contributed by atoms with Crippen LogP contribution in [0, 0.1) is 0 Å². The number of para-hydroxylation sites is 1. The van der Waals surface area contributed by atoms with Crippen molar-refractivity contribution in [3.05, 3.63) is 65.9 Å². The number of ether oxygens (including phenoxy) is 2. The first-order valence-corrected chi connectivity index (χ1v) is 7.33. The van der Waals surface area contributed by atoms with E-state index in [1.165, 1.54) is 6.92 Å². The third-order valence-electron chi connectivity index (χ3n) is 3.67. The lowest BCUT2D eigenvalue weighted by Crippen LogP contribution is -2.03. The number of carbonyl (C=O) groups excluding carboxylic acids is 1. The second-order valence-corrected chi connectivity index (χ2v) is 5.20. The number of pyridine rings is 1. The molecule has 116 valence electrons. The number of ketones is 1. The molecule has 0 aliphatic heterocycles. The summed E-state index contributed by atoms with van der Waals surface area (Å²) in [7, 11) is 1.58. The normalized spacial score (nSPS) is 10.5. The molecule has 0 atom stereocenters. The van der Waals surface area contributed by atoms with Gasteiger partial charge in [-0.2, -0.15) is 0 Å². The number of carbonyl (C=O) groups is 1. The van der Waals surface area contributed by atoms with Crippen LogP contribution >= 0.6 is 0 Å². The van der Waals surface area contributed by atoms with Crippen LogP contribution in [0.5, 0.6) is 11.5 Å². The van der Waals surface area contributed by atoms with Crippen LogP contribution in [0.2, 0.25) is 0 Å². The SMILES string of the molecule is COc1ccc(C(C)=O)c(OCc2cccc3cccnc23)c1. The Morgan fingerprint density at radius 2 is 1.96 bits per heavy atom. The summed E-state index contributed by atoms with van der Waals surface area (Å²) in [6.45, 7) is 1.86. The number of Topliss-reactive ketones (excluding diaryl/α,β-unsaturated/α-hetero) is 1. The van der Waals surface area contributed by atoms with Crippen molar-refractivity contribution in [1.82, 2.24) is 4.98 Å². The highest BCUT2D eigenvalue weighted by atomic mass is 16.5. The monoisotopic (exact) mass is 307 g/mol. The summed E-state index contributed by atoms with van der Waals surface area (Å²) in [5.74, 6) is 1.13. The van der Waals surface area contributed by atoms with Crippen molar-refractivity contribution in [2.75, 3.05) is 7.11 Å². The molecule has 0 spiro atoms. The van der Waals surface area contributed by atoms with E-state index in [4.69, 9.17) is 9.47 Å². The molecule has 1 heterocycles. The predicted octanol–water partition coefficient (Wildman–Crippen LogP) is 4.03. The Bertz CT molecular complexity index is 853. The summed E-state index contributed by atoms with van der Waals surface area (Å²) in [4.78, 5) is 16.2. The van der Waals surface area contributed by atoms with Gasteiger partial charge >= 0.3 is 0 Å². The van der Waals surface area contributed by atoms with Gasteiger partial charge in [-0.3, -0.25) is 9.78 Å². The highest BCUT2D eigenvalue weighted by molar-refractivity contribution is 5.97. The quantitative estimate of drug-likeness (QED) is 0.668. The Morgan fingerprint density at radius 3 is 2.74 bits per heavy atom. The lowest BCUT2D eigenvalue weighted by atomic mass is 10.1. The molecule has 0 amide bonds. The van der Waals surface area contributed by atoms with E-state index in [2.05, 4.69) is 4.98 Å². The van der Waals surface area contributed by atoms with E-state index in [9.17, 15) is 4.79 Å². The van der Waals surface area contributed by atoms with Crippen molar-refractivity contribution >= 4 is 16.7 Å².